The predicted molar refractivity (Wildman–Crippen MR) is 108 cm³/mol. The van der Waals surface area contributed by atoms with Crippen LogP contribution >= 0.6 is 0 Å². The second-order valence-corrected chi connectivity index (χ2v) is 9.28. The standard InChI is InChI=1S/C25H29FO/c1-3-16-4-6-21(22-12-20(27-2)5-7-24(22)26)23(11-16)25-13-17-8-18(14-25)10-19(9-17)15-25/h4-7,11-12,17-19H,3,8-10,13-15H2,1-2H3. The van der Waals surface area contributed by atoms with Gasteiger partial charge in [0.05, 0.1) is 7.11 Å². The van der Waals surface area contributed by atoms with Crippen LogP contribution in [0, 0.1) is 23.6 Å². The van der Waals surface area contributed by atoms with E-state index in [1.54, 1.807) is 19.2 Å². The number of rotatable bonds is 4. The molecule has 0 atom stereocenters. The van der Waals surface area contributed by atoms with E-state index >= 15 is 0 Å². The van der Waals surface area contributed by atoms with Gasteiger partial charge in [-0.2, -0.15) is 0 Å². The molecule has 0 heterocycles. The first-order chi connectivity index (χ1) is 13.1. The Labute approximate surface area is 161 Å². The summed E-state index contributed by atoms with van der Waals surface area (Å²) >= 11 is 0. The molecule has 4 fully saturated rings. The summed E-state index contributed by atoms with van der Waals surface area (Å²) in [7, 11) is 1.65. The van der Waals surface area contributed by atoms with Gasteiger partial charge in [-0.05, 0) is 103 Å². The number of hydrogen-bond acceptors (Lipinski definition) is 1. The van der Waals surface area contributed by atoms with Gasteiger partial charge >= 0.3 is 0 Å². The summed E-state index contributed by atoms with van der Waals surface area (Å²) in [6, 6.07) is 11.9. The fourth-order valence-corrected chi connectivity index (χ4v) is 6.76. The fraction of sp³-hybridized carbons (Fsp3) is 0.520. The lowest BCUT2D eigenvalue weighted by atomic mass is 9.47. The lowest BCUT2D eigenvalue weighted by Gasteiger charge is -2.57. The first kappa shape index (κ1) is 17.3. The van der Waals surface area contributed by atoms with Crippen molar-refractivity contribution in [1.29, 1.82) is 0 Å². The molecule has 2 aromatic rings. The zero-order chi connectivity index (χ0) is 18.6. The van der Waals surface area contributed by atoms with Crippen LogP contribution in [-0.2, 0) is 11.8 Å². The van der Waals surface area contributed by atoms with Crippen molar-refractivity contribution in [2.75, 3.05) is 7.11 Å². The molecular formula is C25H29FO. The van der Waals surface area contributed by atoms with Gasteiger partial charge in [0, 0.05) is 5.56 Å². The van der Waals surface area contributed by atoms with Crippen LogP contribution in [0.25, 0.3) is 11.1 Å². The van der Waals surface area contributed by atoms with Crippen LogP contribution in [-0.4, -0.2) is 7.11 Å². The molecule has 27 heavy (non-hydrogen) atoms. The lowest BCUT2D eigenvalue weighted by molar-refractivity contribution is -0.00495. The number of aryl methyl sites for hydroxylation is 1. The van der Waals surface area contributed by atoms with Crippen LogP contribution < -0.4 is 4.74 Å². The Hall–Kier alpha value is -1.83. The van der Waals surface area contributed by atoms with Crippen molar-refractivity contribution >= 4 is 0 Å². The topological polar surface area (TPSA) is 9.23 Å². The molecule has 0 unspecified atom stereocenters. The maximum Gasteiger partial charge on any atom is 0.131 e. The molecule has 4 saturated carbocycles. The molecule has 0 aliphatic heterocycles. The Bertz CT molecular complexity index is 833. The minimum Gasteiger partial charge on any atom is -0.497 e. The van der Waals surface area contributed by atoms with E-state index in [1.807, 2.05) is 6.07 Å². The smallest absolute Gasteiger partial charge is 0.131 e. The van der Waals surface area contributed by atoms with Crippen LogP contribution in [0.15, 0.2) is 36.4 Å². The van der Waals surface area contributed by atoms with Crippen LogP contribution in [0.1, 0.15) is 56.6 Å². The summed E-state index contributed by atoms with van der Waals surface area (Å²) in [6.45, 7) is 2.21. The SMILES string of the molecule is CCc1ccc(-c2cc(OC)ccc2F)c(C23CC4CC(CC(C4)C2)C3)c1. The van der Waals surface area contributed by atoms with Gasteiger partial charge in [-0.15, -0.1) is 0 Å². The minimum absolute atomic E-state index is 0.147. The molecular weight excluding hydrogens is 335 g/mol. The molecule has 0 N–H and O–H groups in total. The van der Waals surface area contributed by atoms with E-state index < -0.39 is 0 Å². The molecule has 4 aliphatic carbocycles. The summed E-state index contributed by atoms with van der Waals surface area (Å²) < 4.78 is 20.3. The largest absolute Gasteiger partial charge is 0.497 e. The molecule has 0 radical (unpaired) electrons. The second-order valence-electron chi connectivity index (χ2n) is 9.28. The maximum atomic E-state index is 14.9. The van der Waals surface area contributed by atoms with E-state index in [0.717, 1.165) is 35.5 Å². The van der Waals surface area contributed by atoms with Crippen LogP contribution in [0.5, 0.6) is 5.75 Å². The van der Waals surface area contributed by atoms with E-state index in [0.29, 0.717) is 5.56 Å². The highest BCUT2D eigenvalue weighted by atomic mass is 19.1. The Morgan fingerprint density at radius 3 is 2.19 bits per heavy atom. The van der Waals surface area contributed by atoms with Crippen molar-refractivity contribution in [3.63, 3.8) is 0 Å². The molecule has 2 aromatic carbocycles. The Morgan fingerprint density at radius 1 is 0.926 bits per heavy atom. The monoisotopic (exact) mass is 364 g/mol. The molecule has 6 rings (SSSR count). The molecule has 4 aliphatic rings. The Balaban J connectivity index is 1.68. The van der Waals surface area contributed by atoms with Gasteiger partial charge in [-0.3, -0.25) is 0 Å². The summed E-state index contributed by atoms with van der Waals surface area (Å²) in [5, 5.41) is 0. The molecule has 0 amide bonds. The van der Waals surface area contributed by atoms with Gasteiger partial charge in [0.2, 0.25) is 0 Å². The van der Waals surface area contributed by atoms with Crippen LogP contribution in [0.2, 0.25) is 0 Å². The second kappa shape index (κ2) is 6.36. The first-order valence-electron chi connectivity index (χ1n) is 10.6. The third kappa shape index (κ3) is 2.80. The van der Waals surface area contributed by atoms with Gasteiger partial charge < -0.3 is 4.74 Å². The van der Waals surface area contributed by atoms with Gasteiger partial charge in [0.1, 0.15) is 11.6 Å². The summed E-state index contributed by atoms with van der Waals surface area (Å²) in [5.74, 6) is 3.21. The van der Waals surface area contributed by atoms with Crippen LogP contribution in [0.4, 0.5) is 4.39 Å². The van der Waals surface area contributed by atoms with E-state index in [4.69, 9.17) is 4.74 Å². The molecule has 1 nitrogen and oxygen atoms in total. The molecule has 142 valence electrons. The zero-order valence-electron chi connectivity index (χ0n) is 16.4. The van der Waals surface area contributed by atoms with E-state index in [2.05, 4.69) is 25.1 Å². The van der Waals surface area contributed by atoms with Crippen molar-refractivity contribution in [2.45, 2.75) is 57.3 Å². The molecule has 4 bridgehead atoms. The van der Waals surface area contributed by atoms with Crippen molar-refractivity contribution in [2.24, 2.45) is 17.8 Å². The Morgan fingerprint density at radius 2 is 1.59 bits per heavy atom. The van der Waals surface area contributed by atoms with Crippen molar-refractivity contribution in [3.8, 4) is 16.9 Å². The quantitative estimate of drug-likeness (QED) is 0.599. The van der Waals surface area contributed by atoms with E-state index in [1.165, 1.54) is 49.7 Å². The normalized spacial score (nSPS) is 31.3. The van der Waals surface area contributed by atoms with Crippen molar-refractivity contribution in [1.82, 2.24) is 0 Å². The summed E-state index contributed by atoms with van der Waals surface area (Å²) in [6.07, 6.45) is 9.20. The van der Waals surface area contributed by atoms with Crippen molar-refractivity contribution in [3.05, 3.63) is 53.3 Å². The van der Waals surface area contributed by atoms with Gasteiger partial charge in [0.25, 0.3) is 0 Å². The molecule has 0 spiro atoms. The van der Waals surface area contributed by atoms with Gasteiger partial charge in [-0.25, -0.2) is 4.39 Å². The third-order valence-electron chi connectivity index (χ3n) is 7.57. The van der Waals surface area contributed by atoms with Crippen LogP contribution in [0.3, 0.4) is 0 Å². The minimum atomic E-state index is -0.147. The number of methoxy groups -OCH3 is 1. The highest BCUT2D eigenvalue weighted by molar-refractivity contribution is 5.71. The molecule has 2 heteroatoms. The van der Waals surface area contributed by atoms with Crippen molar-refractivity contribution < 1.29 is 9.13 Å². The summed E-state index contributed by atoms with van der Waals surface area (Å²) in [5.41, 5.74) is 4.82. The zero-order valence-corrected chi connectivity index (χ0v) is 16.4. The van der Waals surface area contributed by atoms with E-state index in [9.17, 15) is 4.39 Å². The Kier molecular flexibility index (Phi) is 4.07. The first-order valence-corrected chi connectivity index (χ1v) is 10.6. The number of ether oxygens (including phenoxy) is 1. The molecule has 0 aromatic heterocycles. The van der Waals surface area contributed by atoms with Gasteiger partial charge in [0.15, 0.2) is 0 Å². The average Bonchev–Trinajstić information content (AvgIpc) is 2.67. The van der Waals surface area contributed by atoms with E-state index in [-0.39, 0.29) is 11.2 Å². The highest BCUT2D eigenvalue weighted by Crippen LogP contribution is 2.62. The number of hydrogen-bond donors (Lipinski definition) is 0. The third-order valence-corrected chi connectivity index (χ3v) is 7.57. The molecule has 0 saturated heterocycles. The number of halogens is 1. The fourth-order valence-electron chi connectivity index (χ4n) is 6.76. The highest BCUT2D eigenvalue weighted by Gasteiger charge is 2.52. The summed E-state index contributed by atoms with van der Waals surface area (Å²) in [4.78, 5) is 0. The average molecular weight is 365 g/mol. The predicted octanol–water partition coefficient (Wildman–Crippen LogP) is 6.53. The van der Waals surface area contributed by atoms with Gasteiger partial charge in [-0.1, -0.05) is 25.1 Å². The number of benzene rings is 2. The lowest BCUT2D eigenvalue weighted by Crippen LogP contribution is -2.48. The maximum absolute atomic E-state index is 14.9.